The normalized spacial score (nSPS) is 15.3. The molecule has 2 aromatic heterocycles. The summed E-state index contributed by atoms with van der Waals surface area (Å²) in [7, 11) is 0. The van der Waals surface area contributed by atoms with Crippen LogP contribution >= 0.6 is 0 Å². The Hall–Kier alpha value is -3.12. The number of aromatic amines is 1. The third kappa shape index (κ3) is 3.51. The molecular weight excluding hydrogens is 362 g/mol. The predicted molar refractivity (Wildman–Crippen MR) is 116 cm³/mol. The minimum absolute atomic E-state index is 0.656. The van der Waals surface area contributed by atoms with Crippen molar-refractivity contribution in [1.29, 1.82) is 0 Å². The number of nitrogens with one attached hydrogen (secondary N) is 2. The molecule has 1 fully saturated rings. The average molecular weight is 388 g/mol. The second-order valence-corrected chi connectivity index (χ2v) is 7.59. The smallest absolute Gasteiger partial charge is 0.156 e. The zero-order valence-corrected chi connectivity index (χ0v) is 16.7. The first-order valence-electron chi connectivity index (χ1n) is 10.3. The zero-order valence-electron chi connectivity index (χ0n) is 16.7. The average Bonchev–Trinajstić information content (AvgIpc) is 3.14. The maximum Gasteiger partial charge on any atom is 0.156 e. The molecule has 29 heavy (non-hydrogen) atoms. The fourth-order valence-corrected chi connectivity index (χ4v) is 4.25. The molecule has 0 atom stereocenters. The molecule has 6 nitrogen and oxygen atoms in total. The summed E-state index contributed by atoms with van der Waals surface area (Å²) in [5.41, 5.74) is 4.45. The molecule has 0 aliphatic carbocycles. The van der Waals surface area contributed by atoms with E-state index in [9.17, 15) is 0 Å². The van der Waals surface area contributed by atoms with E-state index in [0.717, 1.165) is 66.2 Å². The Morgan fingerprint density at radius 3 is 2.69 bits per heavy atom. The van der Waals surface area contributed by atoms with Gasteiger partial charge in [0.15, 0.2) is 5.82 Å². The summed E-state index contributed by atoms with van der Waals surface area (Å²) in [5, 5.41) is 1.09. The molecule has 4 aromatic rings. The van der Waals surface area contributed by atoms with Gasteiger partial charge in [-0.1, -0.05) is 30.3 Å². The van der Waals surface area contributed by atoms with Crippen LogP contribution in [0.3, 0.4) is 0 Å². The van der Waals surface area contributed by atoms with Crippen LogP contribution in [0, 0.1) is 0 Å². The van der Waals surface area contributed by atoms with E-state index >= 15 is 0 Å². The van der Waals surface area contributed by atoms with Crippen LogP contribution in [0.25, 0.3) is 21.9 Å². The molecule has 0 spiro atoms. The van der Waals surface area contributed by atoms with Crippen molar-refractivity contribution >= 4 is 27.8 Å². The van der Waals surface area contributed by atoms with Crippen molar-refractivity contribution in [2.75, 3.05) is 37.7 Å². The van der Waals surface area contributed by atoms with Crippen LogP contribution < -0.4 is 14.5 Å². The van der Waals surface area contributed by atoms with Crippen molar-refractivity contribution in [2.24, 2.45) is 0 Å². The van der Waals surface area contributed by atoms with Gasteiger partial charge >= 0.3 is 0 Å². The highest BCUT2D eigenvalue weighted by molar-refractivity contribution is 6.08. The van der Waals surface area contributed by atoms with Gasteiger partial charge in [-0.25, -0.2) is 9.97 Å². The lowest BCUT2D eigenvalue weighted by Gasteiger charge is -2.33. The van der Waals surface area contributed by atoms with Gasteiger partial charge in [-0.05, 0) is 25.1 Å². The summed E-state index contributed by atoms with van der Waals surface area (Å²) in [6.45, 7) is 7.94. The Balaban J connectivity index is 1.38. The van der Waals surface area contributed by atoms with Crippen molar-refractivity contribution in [2.45, 2.75) is 13.5 Å². The van der Waals surface area contributed by atoms with Gasteiger partial charge in [-0.2, -0.15) is 0 Å². The quantitative estimate of drug-likeness (QED) is 0.551. The molecule has 0 bridgehead atoms. The van der Waals surface area contributed by atoms with Gasteiger partial charge in [0.25, 0.3) is 0 Å². The number of hydrogen-bond donors (Lipinski definition) is 2. The molecule has 1 aliphatic heterocycles. The Morgan fingerprint density at radius 1 is 1.07 bits per heavy atom. The molecule has 0 radical (unpaired) electrons. The van der Waals surface area contributed by atoms with E-state index in [2.05, 4.69) is 62.3 Å². The molecule has 2 aromatic carbocycles. The number of aromatic nitrogens is 3. The number of nitrogens with zero attached hydrogens (tertiary/aromatic N) is 3. The highest BCUT2D eigenvalue weighted by atomic mass is 16.5. The highest BCUT2D eigenvalue weighted by Gasteiger charge is 2.23. The van der Waals surface area contributed by atoms with Crippen LogP contribution in [-0.2, 0) is 6.54 Å². The van der Waals surface area contributed by atoms with Crippen molar-refractivity contribution in [3.8, 4) is 5.75 Å². The van der Waals surface area contributed by atoms with Gasteiger partial charge in [0.05, 0.1) is 32.8 Å². The number of hydrogen-bond acceptors (Lipinski definition) is 4. The maximum absolute atomic E-state index is 5.67. The maximum atomic E-state index is 5.67. The monoisotopic (exact) mass is 388 g/mol. The topological polar surface area (TPSA) is 58.5 Å². The predicted octanol–water partition coefficient (Wildman–Crippen LogP) is 2.41. The minimum atomic E-state index is 0.656. The van der Waals surface area contributed by atoms with E-state index in [0.29, 0.717) is 6.61 Å². The molecule has 0 amide bonds. The molecular formula is C23H26N5O+. The summed E-state index contributed by atoms with van der Waals surface area (Å²) in [4.78, 5) is 16.7. The molecule has 3 heterocycles. The van der Waals surface area contributed by atoms with Crippen molar-refractivity contribution in [1.82, 2.24) is 15.0 Å². The number of fused-ring (bicyclic) bond motifs is 3. The first-order valence-corrected chi connectivity index (χ1v) is 10.3. The van der Waals surface area contributed by atoms with Crippen LogP contribution in [-0.4, -0.2) is 47.7 Å². The summed E-state index contributed by atoms with van der Waals surface area (Å²) in [6, 6.07) is 16.9. The SMILES string of the molecule is CCOc1ccc2[nH]c3c(N4CC[NH+](Cc5ccccc5)CC4)ncnc3c2c1. The lowest BCUT2D eigenvalue weighted by Crippen LogP contribution is -3.13. The van der Waals surface area contributed by atoms with E-state index in [1.807, 2.05) is 13.0 Å². The molecule has 2 N–H and O–H groups in total. The van der Waals surface area contributed by atoms with Crippen molar-refractivity contribution < 1.29 is 9.64 Å². The minimum Gasteiger partial charge on any atom is -0.494 e. The van der Waals surface area contributed by atoms with Crippen LogP contribution in [0.5, 0.6) is 5.75 Å². The lowest BCUT2D eigenvalue weighted by molar-refractivity contribution is -0.914. The molecule has 0 unspecified atom stereocenters. The number of piperazine rings is 1. The zero-order chi connectivity index (χ0) is 19.6. The van der Waals surface area contributed by atoms with Gasteiger partial charge in [0.1, 0.15) is 29.7 Å². The van der Waals surface area contributed by atoms with Crippen LogP contribution in [0.1, 0.15) is 12.5 Å². The van der Waals surface area contributed by atoms with Gasteiger partial charge in [-0.15, -0.1) is 0 Å². The largest absolute Gasteiger partial charge is 0.494 e. The number of ether oxygens (including phenoxy) is 1. The summed E-state index contributed by atoms with van der Waals surface area (Å²) < 4.78 is 5.67. The highest BCUT2D eigenvalue weighted by Crippen LogP contribution is 2.31. The molecule has 1 saturated heterocycles. The Kier molecular flexibility index (Phi) is 4.77. The number of H-pyrrole nitrogens is 1. The van der Waals surface area contributed by atoms with E-state index in [4.69, 9.17) is 4.74 Å². The molecule has 1 aliphatic rings. The van der Waals surface area contributed by atoms with Crippen LogP contribution in [0.15, 0.2) is 54.9 Å². The van der Waals surface area contributed by atoms with E-state index in [1.165, 1.54) is 5.56 Å². The number of anilines is 1. The number of benzene rings is 2. The van der Waals surface area contributed by atoms with Gasteiger partial charge < -0.3 is 19.5 Å². The second-order valence-electron chi connectivity index (χ2n) is 7.59. The number of rotatable bonds is 5. The van der Waals surface area contributed by atoms with Gasteiger partial charge in [-0.3, -0.25) is 0 Å². The standard InChI is InChI=1S/C23H25N5O/c1-2-29-18-8-9-20-19(14-18)21-22(26-20)23(25-16-24-21)28-12-10-27(11-13-28)15-17-6-4-3-5-7-17/h3-9,14,16,26H,2,10-13,15H2,1H3/p+1. The lowest BCUT2D eigenvalue weighted by atomic mass is 10.2. The van der Waals surface area contributed by atoms with Gasteiger partial charge in [0, 0.05) is 16.5 Å². The van der Waals surface area contributed by atoms with E-state index in [-0.39, 0.29) is 0 Å². The Labute approximate surface area is 170 Å². The second kappa shape index (κ2) is 7.72. The van der Waals surface area contributed by atoms with E-state index in [1.54, 1.807) is 11.2 Å². The summed E-state index contributed by atoms with van der Waals surface area (Å²) >= 11 is 0. The fraction of sp³-hybridized carbons (Fsp3) is 0.304. The van der Waals surface area contributed by atoms with Gasteiger partial charge in [0.2, 0.25) is 0 Å². The third-order valence-electron chi connectivity index (χ3n) is 5.71. The molecule has 148 valence electrons. The van der Waals surface area contributed by atoms with E-state index < -0.39 is 0 Å². The fourth-order valence-electron chi connectivity index (χ4n) is 4.25. The summed E-state index contributed by atoms with van der Waals surface area (Å²) in [5.74, 6) is 1.88. The Bertz CT molecular complexity index is 1120. The van der Waals surface area contributed by atoms with Crippen molar-refractivity contribution in [3.05, 3.63) is 60.4 Å². The van der Waals surface area contributed by atoms with Crippen molar-refractivity contribution in [3.63, 3.8) is 0 Å². The molecule has 0 saturated carbocycles. The number of quaternary nitrogens is 1. The Morgan fingerprint density at radius 2 is 1.90 bits per heavy atom. The first-order chi connectivity index (χ1) is 14.3. The van der Waals surface area contributed by atoms with Crippen LogP contribution in [0.2, 0.25) is 0 Å². The third-order valence-corrected chi connectivity index (χ3v) is 5.71. The summed E-state index contributed by atoms with van der Waals surface area (Å²) in [6.07, 6.45) is 1.68. The van der Waals surface area contributed by atoms with Crippen LogP contribution in [0.4, 0.5) is 5.82 Å². The molecule has 5 rings (SSSR count). The molecule has 6 heteroatoms. The first kappa shape index (κ1) is 17.9.